The van der Waals surface area contributed by atoms with Crippen molar-refractivity contribution < 1.29 is 9.59 Å². The molecule has 1 atom stereocenters. The molecule has 1 saturated heterocycles. The van der Waals surface area contributed by atoms with Gasteiger partial charge >= 0.3 is 6.03 Å². The van der Waals surface area contributed by atoms with Gasteiger partial charge in [0, 0.05) is 12.1 Å². The van der Waals surface area contributed by atoms with Crippen molar-refractivity contribution in [2.24, 2.45) is 0 Å². The van der Waals surface area contributed by atoms with Gasteiger partial charge in [-0.3, -0.25) is 9.69 Å². The number of urea groups is 1. The summed E-state index contributed by atoms with van der Waals surface area (Å²) in [5.41, 5.74) is 0. The fourth-order valence-corrected chi connectivity index (χ4v) is 4.49. The Morgan fingerprint density at radius 3 is 1.95 bits per heavy atom. The zero-order valence-electron chi connectivity index (χ0n) is 13.5. The maximum atomic E-state index is 13.0. The average Bonchev–Trinajstić information content (AvgIpc) is 2.53. The topological polar surface area (TPSA) is 40.6 Å². The number of amides is 3. The van der Waals surface area contributed by atoms with Crippen LogP contribution in [0.3, 0.4) is 0 Å². The summed E-state index contributed by atoms with van der Waals surface area (Å²) < 4.78 is 0. The van der Waals surface area contributed by atoms with Gasteiger partial charge < -0.3 is 4.90 Å². The second kappa shape index (κ2) is 6.38. The fraction of sp³-hybridized carbons (Fsp3) is 0.882. The van der Waals surface area contributed by atoms with Gasteiger partial charge in [0.15, 0.2) is 0 Å². The second-order valence-electron chi connectivity index (χ2n) is 7.37. The van der Waals surface area contributed by atoms with Crippen LogP contribution < -0.4 is 0 Å². The van der Waals surface area contributed by atoms with Crippen LogP contribution in [0.25, 0.3) is 0 Å². The van der Waals surface area contributed by atoms with Crippen molar-refractivity contribution in [1.29, 1.82) is 0 Å². The Bertz CT molecular complexity index is 440. The lowest BCUT2D eigenvalue weighted by Gasteiger charge is -2.48. The van der Waals surface area contributed by atoms with Crippen molar-refractivity contribution in [2.75, 3.05) is 6.54 Å². The number of rotatable bonds is 2. The van der Waals surface area contributed by atoms with Gasteiger partial charge in [0.25, 0.3) is 5.91 Å². The summed E-state index contributed by atoms with van der Waals surface area (Å²) in [6.45, 7) is 2.13. The molecule has 0 radical (unpaired) electrons. The molecule has 2 aliphatic carbocycles. The highest BCUT2D eigenvalue weighted by Gasteiger charge is 2.50. The summed E-state index contributed by atoms with van der Waals surface area (Å²) in [6.07, 6.45) is 11.0. The zero-order valence-corrected chi connectivity index (χ0v) is 14.3. The third-order valence-electron chi connectivity index (χ3n) is 5.54. The highest BCUT2D eigenvalue weighted by atomic mass is 35.5. The van der Waals surface area contributed by atoms with Gasteiger partial charge in [-0.1, -0.05) is 38.5 Å². The maximum absolute atomic E-state index is 13.0. The van der Waals surface area contributed by atoms with Crippen molar-refractivity contribution in [3.63, 3.8) is 0 Å². The molecule has 0 aromatic rings. The lowest BCUT2D eigenvalue weighted by Crippen LogP contribution is -2.66. The number of alkyl halides is 1. The normalized spacial score (nSPS) is 32.6. The average molecular weight is 327 g/mol. The molecule has 0 N–H and O–H groups in total. The van der Waals surface area contributed by atoms with Gasteiger partial charge in [-0.2, -0.15) is 0 Å². The van der Waals surface area contributed by atoms with Gasteiger partial charge in [-0.05, 0) is 32.6 Å². The van der Waals surface area contributed by atoms with E-state index in [9.17, 15) is 9.59 Å². The summed E-state index contributed by atoms with van der Waals surface area (Å²) in [5, 5.41) is 0. The van der Waals surface area contributed by atoms with Crippen LogP contribution in [-0.2, 0) is 4.79 Å². The molecular formula is C17H27ClN2O2. The summed E-state index contributed by atoms with van der Waals surface area (Å²) >= 11 is 6.53. The third kappa shape index (κ3) is 2.99. The number of carbonyl (C=O) groups is 2. The molecule has 3 aliphatic rings. The van der Waals surface area contributed by atoms with Crippen molar-refractivity contribution in [2.45, 2.75) is 88.1 Å². The number of nitrogens with zero attached hydrogens (tertiary/aromatic N) is 2. The number of halogens is 1. The molecule has 2 saturated carbocycles. The number of imide groups is 1. The molecule has 1 heterocycles. The largest absolute Gasteiger partial charge is 0.327 e. The van der Waals surface area contributed by atoms with Crippen LogP contribution in [0.1, 0.15) is 71.1 Å². The van der Waals surface area contributed by atoms with Crippen LogP contribution in [-0.4, -0.2) is 45.2 Å². The first-order chi connectivity index (χ1) is 10.5. The first-order valence-corrected chi connectivity index (χ1v) is 9.22. The smallest absolute Gasteiger partial charge is 0.319 e. The first kappa shape index (κ1) is 16.1. The van der Waals surface area contributed by atoms with E-state index in [1.807, 2.05) is 4.90 Å². The van der Waals surface area contributed by atoms with Crippen molar-refractivity contribution >= 4 is 23.5 Å². The summed E-state index contributed by atoms with van der Waals surface area (Å²) in [4.78, 5) is 28.2. The number of hydrogen-bond donors (Lipinski definition) is 0. The number of hydrogen-bond acceptors (Lipinski definition) is 2. The van der Waals surface area contributed by atoms with Crippen LogP contribution in [0.4, 0.5) is 4.79 Å². The molecule has 0 aromatic carbocycles. The molecule has 3 amide bonds. The molecule has 1 unspecified atom stereocenters. The lowest BCUT2D eigenvalue weighted by atomic mass is 9.90. The van der Waals surface area contributed by atoms with Gasteiger partial charge in [0.1, 0.15) is 4.87 Å². The first-order valence-electron chi connectivity index (χ1n) is 8.84. The highest BCUT2D eigenvalue weighted by molar-refractivity contribution is 6.36. The number of carbonyl (C=O) groups excluding carboxylic acids is 2. The lowest BCUT2D eigenvalue weighted by molar-refractivity contribution is -0.137. The van der Waals surface area contributed by atoms with E-state index in [1.54, 1.807) is 6.92 Å². The van der Waals surface area contributed by atoms with Crippen molar-refractivity contribution in [3.05, 3.63) is 0 Å². The Kier molecular flexibility index (Phi) is 4.67. The van der Waals surface area contributed by atoms with E-state index >= 15 is 0 Å². The van der Waals surface area contributed by atoms with Crippen molar-refractivity contribution in [1.82, 2.24) is 9.80 Å². The molecule has 0 aromatic heterocycles. The van der Waals surface area contributed by atoms with E-state index in [0.717, 1.165) is 38.5 Å². The van der Waals surface area contributed by atoms with Crippen molar-refractivity contribution in [3.8, 4) is 0 Å². The Balaban J connectivity index is 1.83. The molecule has 22 heavy (non-hydrogen) atoms. The third-order valence-corrected chi connectivity index (χ3v) is 5.82. The molecule has 1 aliphatic heterocycles. The molecule has 0 spiro atoms. The van der Waals surface area contributed by atoms with Crippen LogP contribution >= 0.6 is 11.6 Å². The van der Waals surface area contributed by atoms with E-state index in [1.165, 1.54) is 30.6 Å². The zero-order chi connectivity index (χ0) is 15.7. The SMILES string of the molecule is CC1(Cl)CN(C2CCCCC2)C(=O)N(C2CCCCC2)C1=O. The Labute approximate surface area is 138 Å². The summed E-state index contributed by atoms with van der Waals surface area (Å²) in [7, 11) is 0. The van der Waals surface area contributed by atoms with Crippen LogP contribution in [0.5, 0.6) is 0 Å². The molecular weight excluding hydrogens is 300 g/mol. The molecule has 5 heteroatoms. The fourth-order valence-electron chi connectivity index (χ4n) is 4.27. The summed E-state index contributed by atoms with van der Waals surface area (Å²) in [6, 6.07) is 0.235. The van der Waals surface area contributed by atoms with Crippen LogP contribution in [0.2, 0.25) is 0 Å². The van der Waals surface area contributed by atoms with E-state index in [2.05, 4.69) is 0 Å². The monoisotopic (exact) mass is 326 g/mol. The minimum Gasteiger partial charge on any atom is -0.319 e. The predicted octanol–water partition coefficient (Wildman–Crippen LogP) is 3.91. The molecule has 3 rings (SSSR count). The van der Waals surface area contributed by atoms with E-state index in [4.69, 9.17) is 11.6 Å². The summed E-state index contributed by atoms with van der Waals surface area (Å²) in [5.74, 6) is -0.182. The van der Waals surface area contributed by atoms with E-state index < -0.39 is 4.87 Å². The highest BCUT2D eigenvalue weighted by Crippen LogP contribution is 2.35. The quantitative estimate of drug-likeness (QED) is 0.722. The van der Waals surface area contributed by atoms with Gasteiger partial charge in [-0.15, -0.1) is 11.6 Å². The molecule has 0 bridgehead atoms. The predicted molar refractivity (Wildman–Crippen MR) is 87.0 cm³/mol. The maximum Gasteiger partial charge on any atom is 0.327 e. The van der Waals surface area contributed by atoms with Gasteiger partial charge in [-0.25, -0.2) is 4.79 Å². The van der Waals surface area contributed by atoms with Crippen LogP contribution in [0.15, 0.2) is 0 Å². The van der Waals surface area contributed by atoms with E-state index in [0.29, 0.717) is 6.54 Å². The standard InChI is InChI=1S/C17H27ClN2O2/c1-17(18)12-19(13-8-4-2-5-9-13)16(22)20(15(17)21)14-10-6-3-7-11-14/h13-14H,2-12H2,1H3. The molecule has 3 fully saturated rings. The van der Waals surface area contributed by atoms with Gasteiger partial charge in [0.2, 0.25) is 0 Å². The Morgan fingerprint density at radius 1 is 0.909 bits per heavy atom. The second-order valence-corrected chi connectivity index (χ2v) is 8.20. The van der Waals surface area contributed by atoms with Crippen LogP contribution in [0, 0.1) is 0 Å². The minimum absolute atomic E-state index is 0.0539. The van der Waals surface area contributed by atoms with E-state index in [-0.39, 0.29) is 24.0 Å². The molecule has 124 valence electrons. The minimum atomic E-state index is -0.969. The Morgan fingerprint density at radius 2 is 1.41 bits per heavy atom. The van der Waals surface area contributed by atoms with Gasteiger partial charge in [0.05, 0.1) is 6.54 Å². The Hall–Kier alpha value is -0.770. The molecule has 4 nitrogen and oxygen atoms in total.